The molecule has 7 heteroatoms. The van der Waals surface area contributed by atoms with Crippen LogP contribution in [0.3, 0.4) is 0 Å². The maximum absolute atomic E-state index is 12.9. The Morgan fingerprint density at radius 1 is 1.12 bits per heavy atom. The molecule has 1 atom stereocenters. The summed E-state index contributed by atoms with van der Waals surface area (Å²) >= 11 is 0. The zero-order valence-corrected chi connectivity index (χ0v) is 14.6. The van der Waals surface area contributed by atoms with E-state index < -0.39 is 15.8 Å². The highest BCUT2D eigenvalue weighted by atomic mass is 32.2. The van der Waals surface area contributed by atoms with Gasteiger partial charge in [0.1, 0.15) is 5.82 Å². The molecule has 3 rings (SSSR count). The molecule has 25 heavy (non-hydrogen) atoms. The third kappa shape index (κ3) is 4.05. The minimum atomic E-state index is -3.72. The summed E-state index contributed by atoms with van der Waals surface area (Å²) in [5.41, 5.74) is 1.93. The van der Waals surface area contributed by atoms with Gasteiger partial charge in [0.05, 0.1) is 4.90 Å². The Morgan fingerprint density at radius 2 is 1.76 bits per heavy atom. The summed E-state index contributed by atoms with van der Waals surface area (Å²) in [6.07, 6.45) is 0.291. The first-order chi connectivity index (χ1) is 11.8. The van der Waals surface area contributed by atoms with E-state index in [4.69, 9.17) is 0 Å². The number of nitrogens with one attached hydrogen (secondary N) is 1. The predicted octanol–water partition coefficient (Wildman–Crippen LogP) is 2.47. The summed E-state index contributed by atoms with van der Waals surface area (Å²) in [6.45, 7) is 2.60. The second-order valence-corrected chi connectivity index (χ2v) is 7.98. The van der Waals surface area contributed by atoms with Crippen molar-refractivity contribution in [1.82, 2.24) is 4.72 Å². The molecule has 0 bridgehead atoms. The highest BCUT2D eigenvalue weighted by molar-refractivity contribution is 7.89. The van der Waals surface area contributed by atoms with Gasteiger partial charge in [0, 0.05) is 25.2 Å². The summed E-state index contributed by atoms with van der Waals surface area (Å²) in [5, 5.41) is 0. The molecule has 0 aliphatic carbocycles. The van der Waals surface area contributed by atoms with Crippen LogP contribution >= 0.6 is 0 Å². The first-order valence-corrected chi connectivity index (χ1v) is 9.46. The van der Waals surface area contributed by atoms with Crippen molar-refractivity contribution in [2.75, 3.05) is 18.0 Å². The van der Waals surface area contributed by atoms with Gasteiger partial charge in [-0.05, 0) is 49.2 Å². The fourth-order valence-corrected chi connectivity index (χ4v) is 3.93. The molecule has 1 heterocycles. The second kappa shape index (κ2) is 6.93. The lowest BCUT2D eigenvalue weighted by atomic mass is 10.1. The van der Waals surface area contributed by atoms with Crippen molar-refractivity contribution < 1.29 is 17.6 Å². The molecule has 2 aromatic rings. The number of anilines is 1. The van der Waals surface area contributed by atoms with Crippen LogP contribution < -0.4 is 9.62 Å². The highest BCUT2D eigenvalue weighted by Gasteiger charge is 2.31. The van der Waals surface area contributed by atoms with Gasteiger partial charge in [0.25, 0.3) is 0 Å². The van der Waals surface area contributed by atoms with Crippen molar-refractivity contribution in [3.63, 3.8) is 0 Å². The van der Waals surface area contributed by atoms with Crippen LogP contribution in [0.5, 0.6) is 0 Å². The third-order valence-corrected chi connectivity index (χ3v) is 5.68. The van der Waals surface area contributed by atoms with E-state index in [-0.39, 0.29) is 23.3 Å². The predicted molar refractivity (Wildman–Crippen MR) is 93.2 cm³/mol. The van der Waals surface area contributed by atoms with Gasteiger partial charge in [0.15, 0.2) is 0 Å². The SMILES string of the molecule is Cc1ccc(N2C[C@H](CNS(=O)(=O)c3ccc(F)cc3)CC2=O)cc1. The van der Waals surface area contributed by atoms with E-state index in [1.165, 1.54) is 12.1 Å². The summed E-state index contributed by atoms with van der Waals surface area (Å²) < 4.78 is 39.9. The Morgan fingerprint density at radius 3 is 2.40 bits per heavy atom. The minimum Gasteiger partial charge on any atom is -0.312 e. The molecule has 1 saturated heterocycles. The molecule has 0 unspecified atom stereocenters. The second-order valence-electron chi connectivity index (χ2n) is 6.22. The Hall–Kier alpha value is -2.25. The van der Waals surface area contributed by atoms with Gasteiger partial charge in [0.2, 0.25) is 15.9 Å². The van der Waals surface area contributed by atoms with Gasteiger partial charge in [-0.1, -0.05) is 17.7 Å². The largest absolute Gasteiger partial charge is 0.312 e. The van der Waals surface area contributed by atoms with Crippen molar-refractivity contribution in [2.45, 2.75) is 18.2 Å². The first kappa shape index (κ1) is 17.6. The Bertz CT molecular complexity index is 864. The van der Waals surface area contributed by atoms with Crippen LogP contribution in [0.2, 0.25) is 0 Å². The number of rotatable bonds is 5. The standard InChI is InChI=1S/C18H19FN2O3S/c1-13-2-6-16(7-3-13)21-12-14(10-18(21)22)11-20-25(23,24)17-8-4-15(19)5-9-17/h2-9,14,20H,10-12H2,1H3/t14-/m0/s1. The van der Waals surface area contributed by atoms with Crippen molar-refractivity contribution in [1.29, 1.82) is 0 Å². The molecule has 1 N–H and O–H groups in total. The maximum Gasteiger partial charge on any atom is 0.240 e. The minimum absolute atomic E-state index is 0.00798. The van der Waals surface area contributed by atoms with E-state index in [1.54, 1.807) is 4.90 Å². The number of carbonyl (C=O) groups excluding carboxylic acids is 1. The summed E-state index contributed by atoms with van der Waals surface area (Å²) in [5.74, 6) is -0.618. The number of hydrogen-bond donors (Lipinski definition) is 1. The molecule has 1 fully saturated rings. The molecule has 1 amide bonds. The summed E-state index contributed by atoms with van der Waals surface area (Å²) in [4.78, 5) is 13.9. The van der Waals surface area contributed by atoms with Crippen molar-refractivity contribution in [3.8, 4) is 0 Å². The third-order valence-electron chi connectivity index (χ3n) is 4.24. The number of hydrogen-bond acceptors (Lipinski definition) is 3. The van der Waals surface area contributed by atoms with Crippen LogP contribution in [0.4, 0.5) is 10.1 Å². The molecule has 132 valence electrons. The van der Waals surface area contributed by atoms with Crippen molar-refractivity contribution in [3.05, 3.63) is 59.9 Å². The van der Waals surface area contributed by atoms with Gasteiger partial charge in [-0.25, -0.2) is 17.5 Å². The zero-order valence-electron chi connectivity index (χ0n) is 13.8. The lowest BCUT2D eigenvalue weighted by molar-refractivity contribution is -0.117. The van der Waals surface area contributed by atoms with Crippen LogP contribution in [-0.4, -0.2) is 27.4 Å². The molecule has 1 aliphatic heterocycles. The van der Waals surface area contributed by atoms with Crippen LogP contribution in [0, 0.1) is 18.7 Å². The molecule has 0 aromatic heterocycles. The molecule has 2 aromatic carbocycles. The molecule has 0 saturated carbocycles. The Labute approximate surface area is 146 Å². The summed E-state index contributed by atoms with van der Waals surface area (Å²) in [7, 11) is -3.72. The van der Waals surface area contributed by atoms with E-state index in [0.29, 0.717) is 13.0 Å². The van der Waals surface area contributed by atoms with Crippen LogP contribution in [0.15, 0.2) is 53.4 Å². The maximum atomic E-state index is 12.9. The molecule has 0 radical (unpaired) electrons. The number of amides is 1. The van der Waals surface area contributed by atoms with Gasteiger partial charge in [-0.3, -0.25) is 4.79 Å². The normalized spacial score (nSPS) is 17.9. The number of sulfonamides is 1. The topological polar surface area (TPSA) is 66.5 Å². The molecule has 0 spiro atoms. The monoisotopic (exact) mass is 362 g/mol. The highest BCUT2D eigenvalue weighted by Crippen LogP contribution is 2.25. The number of carbonyl (C=O) groups is 1. The van der Waals surface area contributed by atoms with E-state index in [2.05, 4.69) is 4.72 Å². The van der Waals surface area contributed by atoms with E-state index >= 15 is 0 Å². The van der Waals surface area contributed by atoms with Gasteiger partial charge < -0.3 is 4.90 Å². The number of benzene rings is 2. The van der Waals surface area contributed by atoms with E-state index in [1.807, 2.05) is 31.2 Å². The Kier molecular flexibility index (Phi) is 4.87. The van der Waals surface area contributed by atoms with Crippen molar-refractivity contribution >= 4 is 21.6 Å². The fourth-order valence-electron chi connectivity index (χ4n) is 2.82. The average Bonchev–Trinajstić information content (AvgIpc) is 2.95. The lowest BCUT2D eigenvalue weighted by Crippen LogP contribution is -2.31. The van der Waals surface area contributed by atoms with Crippen LogP contribution in [0.1, 0.15) is 12.0 Å². The number of aryl methyl sites for hydroxylation is 1. The quantitative estimate of drug-likeness (QED) is 0.889. The first-order valence-electron chi connectivity index (χ1n) is 7.97. The zero-order chi connectivity index (χ0) is 18.0. The molecular weight excluding hydrogens is 343 g/mol. The van der Waals surface area contributed by atoms with Crippen molar-refractivity contribution in [2.24, 2.45) is 5.92 Å². The number of halogens is 1. The van der Waals surface area contributed by atoms with E-state index in [0.717, 1.165) is 23.4 Å². The number of nitrogens with zero attached hydrogens (tertiary/aromatic N) is 1. The molecular formula is C18H19FN2O3S. The van der Waals surface area contributed by atoms with Crippen LogP contribution in [-0.2, 0) is 14.8 Å². The van der Waals surface area contributed by atoms with Crippen LogP contribution in [0.25, 0.3) is 0 Å². The Balaban J connectivity index is 1.63. The smallest absolute Gasteiger partial charge is 0.240 e. The average molecular weight is 362 g/mol. The van der Waals surface area contributed by atoms with Gasteiger partial charge in [-0.2, -0.15) is 0 Å². The molecule has 5 nitrogen and oxygen atoms in total. The molecule has 1 aliphatic rings. The van der Waals surface area contributed by atoms with Gasteiger partial charge in [-0.15, -0.1) is 0 Å². The van der Waals surface area contributed by atoms with E-state index in [9.17, 15) is 17.6 Å². The van der Waals surface area contributed by atoms with Gasteiger partial charge >= 0.3 is 0 Å². The lowest BCUT2D eigenvalue weighted by Gasteiger charge is -2.17. The fraction of sp³-hybridized carbons (Fsp3) is 0.278. The summed E-state index contributed by atoms with van der Waals surface area (Å²) in [6, 6.07) is 12.3.